The molecular weight excluding hydrogens is 190 g/mol. The van der Waals surface area contributed by atoms with Crippen molar-refractivity contribution in [2.75, 3.05) is 0 Å². The van der Waals surface area contributed by atoms with Gasteiger partial charge in [-0.3, -0.25) is 4.79 Å². The van der Waals surface area contributed by atoms with Crippen LogP contribution in [-0.2, 0) is 7.05 Å². The van der Waals surface area contributed by atoms with E-state index in [1.807, 2.05) is 13.2 Å². The third-order valence-corrected chi connectivity index (χ3v) is 2.01. The van der Waals surface area contributed by atoms with Crippen molar-refractivity contribution in [3.8, 4) is 0 Å². The van der Waals surface area contributed by atoms with Gasteiger partial charge in [0.1, 0.15) is 11.3 Å². The summed E-state index contributed by atoms with van der Waals surface area (Å²) >= 11 is 5.64. The second-order valence-electron chi connectivity index (χ2n) is 2.66. The van der Waals surface area contributed by atoms with Gasteiger partial charge in [0.2, 0.25) is 5.28 Å². The van der Waals surface area contributed by atoms with E-state index in [1.165, 1.54) is 0 Å². The summed E-state index contributed by atoms with van der Waals surface area (Å²) in [5.74, 6) is 0. The van der Waals surface area contributed by atoms with Gasteiger partial charge in [-0.2, -0.15) is 4.98 Å². The van der Waals surface area contributed by atoms with Crippen molar-refractivity contribution in [2.24, 2.45) is 7.05 Å². The maximum absolute atomic E-state index is 10.6. The number of aldehydes is 1. The number of hydrogen-bond donors (Lipinski definition) is 0. The minimum atomic E-state index is 0.0939. The van der Waals surface area contributed by atoms with Crippen molar-refractivity contribution in [1.29, 1.82) is 0 Å². The largest absolute Gasteiger partial charge is 0.335 e. The number of nitrogens with zero attached hydrogens (tertiary/aromatic N) is 3. The normalized spacial score (nSPS) is 10.6. The fourth-order valence-corrected chi connectivity index (χ4v) is 1.39. The summed E-state index contributed by atoms with van der Waals surface area (Å²) in [4.78, 5) is 18.4. The quantitative estimate of drug-likeness (QED) is 0.511. The van der Waals surface area contributed by atoms with Crippen molar-refractivity contribution < 1.29 is 4.79 Å². The van der Waals surface area contributed by atoms with Crippen LogP contribution in [0.3, 0.4) is 0 Å². The predicted octanol–water partition coefficient (Wildman–Crippen LogP) is 1.43. The van der Waals surface area contributed by atoms with Crippen LogP contribution in [0, 0.1) is 0 Å². The zero-order chi connectivity index (χ0) is 9.42. The molecule has 2 aromatic heterocycles. The molecule has 0 saturated carbocycles. The molecular formula is C8H6ClN3O. The summed E-state index contributed by atoms with van der Waals surface area (Å²) in [7, 11) is 1.83. The molecule has 0 aliphatic rings. The number of aromatic nitrogens is 3. The monoisotopic (exact) mass is 195 g/mol. The minimum Gasteiger partial charge on any atom is -0.335 e. The van der Waals surface area contributed by atoms with E-state index in [0.717, 1.165) is 5.39 Å². The van der Waals surface area contributed by atoms with Crippen molar-refractivity contribution in [1.82, 2.24) is 14.5 Å². The van der Waals surface area contributed by atoms with Crippen LogP contribution in [0.4, 0.5) is 0 Å². The summed E-state index contributed by atoms with van der Waals surface area (Å²) < 4.78 is 1.79. The second kappa shape index (κ2) is 2.81. The first-order chi connectivity index (χ1) is 6.22. The van der Waals surface area contributed by atoms with E-state index in [2.05, 4.69) is 9.97 Å². The lowest BCUT2D eigenvalue weighted by Crippen LogP contribution is -1.95. The van der Waals surface area contributed by atoms with Crippen LogP contribution < -0.4 is 0 Å². The highest BCUT2D eigenvalue weighted by atomic mass is 35.5. The number of hydrogen-bond acceptors (Lipinski definition) is 3. The topological polar surface area (TPSA) is 47.8 Å². The van der Waals surface area contributed by atoms with E-state index in [-0.39, 0.29) is 5.28 Å². The first-order valence-corrected chi connectivity index (χ1v) is 4.04. The molecule has 5 heteroatoms. The van der Waals surface area contributed by atoms with Crippen LogP contribution in [0.25, 0.3) is 11.0 Å². The van der Waals surface area contributed by atoms with Crippen molar-refractivity contribution in [3.63, 3.8) is 0 Å². The molecule has 66 valence electrons. The van der Waals surface area contributed by atoms with Crippen molar-refractivity contribution in [2.45, 2.75) is 0 Å². The lowest BCUT2D eigenvalue weighted by Gasteiger charge is -1.97. The van der Waals surface area contributed by atoms with Crippen LogP contribution in [-0.4, -0.2) is 20.8 Å². The standard InChI is InChI=1S/C8H6ClN3O/c1-12-3-2-5-6(4-13)10-8(9)11-7(5)12/h2-4H,1H3. The Kier molecular flexibility index (Phi) is 1.77. The molecule has 0 aliphatic heterocycles. The molecule has 13 heavy (non-hydrogen) atoms. The van der Waals surface area contributed by atoms with Gasteiger partial charge in [-0.05, 0) is 17.7 Å². The SMILES string of the molecule is Cn1ccc2c(C=O)nc(Cl)nc21. The molecule has 2 aromatic rings. The number of fused-ring (bicyclic) bond motifs is 1. The molecule has 0 radical (unpaired) electrons. The first-order valence-electron chi connectivity index (χ1n) is 3.66. The zero-order valence-corrected chi connectivity index (χ0v) is 7.62. The Labute approximate surface area is 79.2 Å². The van der Waals surface area contributed by atoms with Gasteiger partial charge in [0.25, 0.3) is 0 Å². The summed E-state index contributed by atoms with van der Waals surface area (Å²) in [6.07, 6.45) is 2.48. The molecule has 0 saturated heterocycles. The van der Waals surface area contributed by atoms with Gasteiger partial charge >= 0.3 is 0 Å². The smallest absolute Gasteiger partial charge is 0.225 e. The Balaban J connectivity index is 2.91. The van der Waals surface area contributed by atoms with Crippen LogP contribution in [0.1, 0.15) is 10.5 Å². The number of carbonyl (C=O) groups is 1. The molecule has 0 spiro atoms. The van der Waals surface area contributed by atoms with E-state index in [0.29, 0.717) is 17.6 Å². The third kappa shape index (κ3) is 1.19. The summed E-state index contributed by atoms with van der Waals surface area (Å²) in [5.41, 5.74) is 0.998. The average molecular weight is 196 g/mol. The van der Waals surface area contributed by atoms with E-state index >= 15 is 0 Å². The maximum Gasteiger partial charge on any atom is 0.225 e. The van der Waals surface area contributed by atoms with E-state index in [1.54, 1.807) is 10.6 Å². The molecule has 0 aliphatic carbocycles. The molecule has 0 atom stereocenters. The fourth-order valence-electron chi connectivity index (χ4n) is 1.22. The maximum atomic E-state index is 10.6. The highest BCUT2D eigenvalue weighted by molar-refractivity contribution is 6.28. The fraction of sp³-hybridized carbons (Fsp3) is 0.125. The number of carbonyl (C=O) groups excluding carboxylic acids is 1. The van der Waals surface area contributed by atoms with E-state index < -0.39 is 0 Å². The lowest BCUT2D eigenvalue weighted by atomic mass is 10.3. The summed E-state index contributed by atoms with van der Waals surface area (Å²) in [5, 5.41) is 0.818. The summed E-state index contributed by atoms with van der Waals surface area (Å²) in [6.45, 7) is 0. The number of aryl methyl sites for hydroxylation is 1. The lowest BCUT2D eigenvalue weighted by molar-refractivity contribution is 0.112. The van der Waals surface area contributed by atoms with Gasteiger partial charge in [-0.1, -0.05) is 0 Å². The van der Waals surface area contributed by atoms with Gasteiger partial charge in [0.05, 0.1) is 0 Å². The van der Waals surface area contributed by atoms with E-state index in [4.69, 9.17) is 11.6 Å². The molecule has 2 rings (SSSR count). The van der Waals surface area contributed by atoms with Crippen LogP contribution >= 0.6 is 11.6 Å². The zero-order valence-electron chi connectivity index (χ0n) is 6.86. The molecule has 0 aromatic carbocycles. The van der Waals surface area contributed by atoms with Gasteiger partial charge < -0.3 is 4.57 Å². The van der Waals surface area contributed by atoms with Gasteiger partial charge in [-0.15, -0.1) is 0 Å². The van der Waals surface area contributed by atoms with Crippen LogP contribution in [0.5, 0.6) is 0 Å². The molecule has 0 unspecified atom stereocenters. The minimum absolute atomic E-state index is 0.0939. The Morgan fingerprint density at radius 1 is 1.54 bits per heavy atom. The average Bonchev–Trinajstić information content (AvgIpc) is 2.47. The molecule has 0 bridgehead atoms. The molecule has 2 heterocycles. The summed E-state index contributed by atoms with van der Waals surface area (Å²) in [6, 6.07) is 1.79. The van der Waals surface area contributed by atoms with Crippen molar-refractivity contribution >= 4 is 28.9 Å². The van der Waals surface area contributed by atoms with Gasteiger partial charge in [0.15, 0.2) is 6.29 Å². The Morgan fingerprint density at radius 3 is 3.00 bits per heavy atom. The predicted molar refractivity (Wildman–Crippen MR) is 48.9 cm³/mol. The molecule has 4 nitrogen and oxygen atoms in total. The van der Waals surface area contributed by atoms with Gasteiger partial charge in [-0.25, -0.2) is 4.98 Å². The van der Waals surface area contributed by atoms with Gasteiger partial charge in [0, 0.05) is 18.6 Å². The highest BCUT2D eigenvalue weighted by Gasteiger charge is 2.07. The van der Waals surface area contributed by atoms with E-state index in [9.17, 15) is 4.79 Å². The Hall–Kier alpha value is -1.42. The van der Waals surface area contributed by atoms with Crippen molar-refractivity contribution in [3.05, 3.63) is 23.2 Å². The molecule has 0 fully saturated rings. The number of halogens is 1. The van der Waals surface area contributed by atoms with Crippen LogP contribution in [0.15, 0.2) is 12.3 Å². The highest BCUT2D eigenvalue weighted by Crippen LogP contribution is 2.16. The third-order valence-electron chi connectivity index (χ3n) is 1.84. The second-order valence-corrected chi connectivity index (χ2v) is 3.00. The Morgan fingerprint density at radius 2 is 2.31 bits per heavy atom. The Bertz CT molecular complexity index is 477. The molecule has 0 N–H and O–H groups in total. The number of rotatable bonds is 1. The molecule has 0 amide bonds. The van der Waals surface area contributed by atoms with Crippen LogP contribution in [0.2, 0.25) is 5.28 Å². The first kappa shape index (κ1) is 8.19.